The Morgan fingerprint density at radius 2 is 2.06 bits per heavy atom. The van der Waals surface area contributed by atoms with E-state index in [1.54, 1.807) is 0 Å². The molecule has 2 heteroatoms. The maximum Gasteiger partial charge on any atom is 0.108 e. The van der Waals surface area contributed by atoms with Gasteiger partial charge in [0.1, 0.15) is 5.60 Å². The minimum Gasteiger partial charge on any atom is -0.383 e. The fourth-order valence-corrected chi connectivity index (χ4v) is 3.90. The number of hydrogen-bond acceptors (Lipinski definition) is 2. The molecule has 5 atom stereocenters. The topological polar surface area (TPSA) is 44.1 Å². The summed E-state index contributed by atoms with van der Waals surface area (Å²) in [7, 11) is 0. The van der Waals surface area contributed by atoms with Crippen molar-refractivity contribution in [1.29, 1.82) is 5.41 Å². The standard InChI is InChI=1S/C15H25NO/c1-9(2)12-6-5-11(4)15(17)13(8-12)10(3)7-14(15)16/h10-13,16-17H,1,5-8H2,2-4H3. The van der Waals surface area contributed by atoms with Crippen molar-refractivity contribution in [2.24, 2.45) is 23.7 Å². The van der Waals surface area contributed by atoms with Crippen LogP contribution >= 0.6 is 0 Å². The summed E-state index contributed by atoms with van der Waals surface area (Å²) in [5.41, 5.74) is 0.987. The van der Waals surface area contributed by atoms with Crippen LogP contribution in [-0.2, 0) is 0 Å². The third-order valence-electron chi connectivity index (χ3n) is 5.20. The van der Waals surface area contributed by atoms with E-state index in [0.29, 0.717) is 17.5 Å². The van der Waals surface area contributed by atoms with E-state index >= 15 is 0 Å². The lowest BCUT2D eigenvalue weighted by molar-refractivity contribution is -0.00191. The van der Waals surface area contributed by atoms with E-state index in [2.05, 4.69) is 27.4 Å². The highest BCUT2D eigenvalue weighted by Crippen LogP contribution is 2.50. The first kappa shape index (κ1) is 12.8. The van der Waals surface area contributed by atoms with Crippen molar-refractivity contribution in [1.82, 2.24) is 0 Å². The second kappa shape index (κ2) is 4.24. The van der Waals surface area contributed by atoms with Crippen LogP contribution in [0.2, 0.25) is 0 Å². The van der Waals surface area contributed by atoms with E-state index in [0.717, 1.165) is 25.7 Å². The maximum atomic E-state index is 10.9. The zero-order chi connectivity index (χ0) is 12.8. The molecule has 0 aliphatic heterocycles. The van der Waals surface area contributed by atoms with E-state index in [1.807, 2.05) is 0 Å². The zero-order valence-electron chi connectivity index (χ0n) is 11.3. The Labute approximate surface area is 105 Å². The van der Waals surface area contributed by atoms with Gasteiger partial charge in [0.05, 0.1) is 0 Å². The summed E-state index contributed by atoms with van der Waals surface area (Å²) in [5.74, 6) is 1.45. The fraction of sp³-hybridized carbons (Fsp3) is 0.800. The van der Waals surface area contributed by atoms with E-state index in [4.69, 9.17) is 5.41 Å². The van der Waals surface area contributed by atoms with Crippen LogP contribution in [0.3, 0.4) is 0 Å². The SMILES string of the molecule is C=C(C)C1CCC(C)C2(O)C(=N)CC(C)C2C1. The van der Waals surface area contributed by atoms with Crippen molar-refractivity contribution >= 4 is 5.71 Å². The molecule has 96 valence electrons. The van der Waals surface area contributed by atoms with Crippen molar-refractivity contribution in [2.75, 3.05) is 0 Å². The van der Waals surface area contributed by atoms with Gasteiger partial charge in [0, 0.05) is 5.71 Å². The lowest BCUT2D eigenvalue weighted by atomic mass is 9.75. The molecule has 2 saturated carbocycles. The van der Waals surface area contributed by atoms with Gasteiger partial charge >= 0.3 is 0 Å². The maximum absolute atomic E-state index is 10.9. The number of nitrogens with one attached hydrogen (secondary N) is 1. The molecule has 0 bridgehead atoms. The molecule has 2 aliphatic rings. The summed E-state index contributed by atoms with van der Waals surface area (Å²) in [6.07, 6.45) is 3.92. The highest BCUT2D eigenvalue weighted by Gasteiger charge is 2.54. The molecule has 2 aliphatic carbocycles. The number of allylic oxidation sites excluding steroid dienone is 1. The van der Waals surface area contributed by atoms with Gasteiger partial charge in [-0.2, -0.15) is 0 Å². The summed E-state index contributed by atoms with van der Waals surface area (Å²) < 4.78 is 0. The normalized spacial score (nSPS) is 46.5. The minimum atomic E-state index is -0.830. The van der Waals surface area contributed by atoms with Crippen LogP contribution in [0.5, 0.6) is 0 Å². The van der Waals surface area contributed by atoms with Gasteiger partial charge in [-0.15, -0.1) is 0 Å². The Morgan fingerprint density at radius 3 is 2.65 bits per heavy atom. The Hall–Kier alpha value is -0.630. The van der Waals surface area contributed by atoms with Crippen LogP contribution in [0.4, 0.5) is 0 Å². The Kier molecular flexibility index (Phi) is 3.19. The average Bonchev–Trinajstić information content (AvgIpc) is 2.40. The number of fused-ring (bicyclic) bond motifs is 1. The van der Waals surface area contributed by atoms with Crippen molar-refractivity contribution in [3.05, 3.63) is 12.2 Å². The lowest BCUT2D eigenvalue weighted by Crippen LogP contribution is -2.46. The van der Waals surface area contributed by atoms with Crippen LogP contribution < -0.4 is 0 Å². The van der Waals surface area contributed by atoms with Gasteiger partial charge in [-0.25, -0.2) is 0 Å². The first-order chi connectivity index (χ1) is 7.87. The van der Waals surface area contributed by atoms with Gasteiger partial charge in [0.2, 0.25) is 0 Å². The van der Waals surface area contributed by atoms with Gasteiger partial charge in [0.15, 0.2) is 0 Å². The molecular weight excluding hydrogens is 210 g/mol. The molecule has 2 nitrogen and oxygen atoms in total. The van der Waals surface area contributed by atoms with Crippen LogP contribution in [0.15, 0.2) is 12.2 Å². The first-order valence-electron chi connectivity index (χ1n) is 6.83. The number of aliphatic hydroxyl groups is 1. The molecule has 0 aromatic rings. The third kappa shape index (κ3) is 1.87. The lowest BCUT2D eigenvalue weighted by Gasteiger charge is -2.35. The molecule has 5 unspecified atom stereocenters. The van der Waals surface area contributed by atoms with E-state index in [-0.39, 0.29) is 11.8 Å². The molecule has 0 aromatic carbocycles. The Balaban J connectivity index is 2.33. The summed E-state index contributed by atoms with van der Waals surface area (Å²) in [5, 5.41) is 19.1. The average molecular weight is 235 g/mol. The van der Waals surface area contributed by atoms with Crippen molar-refractivity contribution in [3.63, 3.8) is 0 Å². The van der Waals surface area contributed by atoms with Crippen LogP contribution in [0.1, 0.15) is 46.5 Å². The third-order valence-corrected chi connectivity index (χ3v) is 5.20. The number of hydrogen-bond donors (Lipinski definition) is 2. The van der Waals surface area contributed by atoms with Crippen molar-refractivity contribution < 1.29 is 5.11 Å². The highest BCUT2D eigenvalue weighted by atomic mass is 16.3. The van der Waals surface area contributed by atoms with Crippen LogP contribution in [0, 0.1) is 29.1 Å². The van der Waals surface area contributed by atoms with Crippen LogP contribution in [-0.4, -0.2) is 16.4 Å². The molecular formula is C15H25NO. The van der Waals surface area contributed by atoms with Gasteiger partial charge < -0.3 is 10.5 Å². The minimum absolute atomic E-state index is 0.217. The largest absolute Gasteiger partial charge is 0.383 e. The van der Waals surface area contributed by atoms with Gasteiger partial charge in [-0.1, -0.05) is 26.0 Å². The molecule has 0 spiro atoms. The van der Waals surface area contributed by atoms with Gasteiger partial charge in [-0.3, -0.25) is 0 Å². The predicted octanol–water partition coefficient (Wildman–Crippen LogP) is 3.41. The molecule has 2 N–H and O–H groups in total. The predicted molar refractivity (Wildman–Crippen MR) is 71.3 cm³/mol. The molecule has 0 heterocycles. The molecule has 2 rings (SSSR count). The summed E-state index contributed by atoms with van der Waals surface area (Å²) in [4.78, 5) is 0. The molecule has 0 saturated heterocycles. The van der Waals surface area contributed by atoms with Crippen LogP contribution in [0.25, 0.3) is 0 Å². The van der Waals surface area contributed by atoms with E-state index in [1.165, 1.54) is 5.57 Å². The summed E-state index contributed by atoms with van der Waals surface area (Å²) in [6.45, 7) is 10.5. The first-order valence-corrected chi connectivity index (χ1v) is 6.83. The van der Waals surface area contributed by atoms with Crippen molar-refractivity contribution in [2.45, 2.75) is 52.1 Å². The molecule has 0 amide bonds. The summed E-state index contributed by atoms with van der Waals surface area (Å²) >= 11 is 0. The molecule has 0 aromatic heterocycles. The molecule has 2 fully saturated rings. The quantitative estimate of drug-likeness (QED) is 0.672. The van der Waals surface area contributed by atoms with E-state index < -0.39 is 5.60 Å². The molecule has 0 radical (unpaired) electrons. The second-order valence-corrected chi connectivity index (χ2v) is 6.35. The number of rotatable bonds is 1. The van der Waals surface area contributed by atoms with Crippen molar-refractivity contribution in [3.8, 4) is 0 Å². The van der Waals surface area contributed by atoms with Gasteiger partial charge in [0.25, 0.3) is 0 Å². The zero-order valence-corrected chi connectivity index (χ0v) is 11.3. The second-order valence-electron chi connectivity index (χ2n) is 6.35. The smallest absolute Gasteiger partial charge is 0.108 e. The fourth-order valence-electron chi connectivity index (χ4n) is 3.90. The Morgan fingerprint density at radius 1 is 1.41 bits per heavy atom. The molecule has 17 heavy (non-hydrogen) atoms. The summed E-state index contributed by atoms with van der Waals surface area (Å²) in [6, 6.07) is 0. The van der Waals surface area contributed by atoms with E-state index in [9.17, 15) is 5.11 Å². The monoisotopic (exact) mass is 235 g/mol. The van der Waals surface area contributed by atoms with Gasteiger partial charge in [-0.05, 0) is 56.3 Å². The highest BCUT2D eigenvalue weighted by molar-refractivity contribution is 5.92. The Bertz CT molecular complexity index is 349.